The lowest BCUT2D eigenvalue weighted by Gasteiger charge is -2.22. The van der Waals surface area contributed by atoms with Crippen molar-refractivity contribution in [3.05, 3.63) is 32.3 Å². The number of halogens is 1. The van der Waals surface area contributed by atoms with E-state index in [1.54, 1.807) is 13.0 Å². The van der Waals surface area contributed by atoms with Gasteiger partial charge < -0.3 is 5.32 Å². The van der Waals surface area contributed by atoms with E-state index in [0.29, 0.717) is 17.0 Å². The van der Waals surface area contributed by atoms with Gasteiger partial charge in [-0.3, -0.25) is 10.1 Å². The molecule has 0 spiro atoms. The molecule has 0 bridgehead atoms. The molecular formula is C16H23BrN2O2. The topological polar surface area (TPSA) is 55.2 Å². The van der Waals surface area contributed by atoms with Gasteiger partial charge in [-0.25, -0.2) is 0 Å². The Labute approximate surface area is 134 Å². The molecule has 2 rings (SSSR count). The van der Waals surface area contributed by atoms with Crippen molar-refractivity contribution in [2.45, 2.75) is 58.9 Å². The number of nitro groups is 1. The molecule has 0 heterocycles. The second-order valence-corrected chi connectivity index (χ2v) is 7.67. The van der Waals surface area contributed by atoms with Gasteiger partial charge in [0.25, 0.3) is 5.69 Å². The lowest BCUT2D eigenvalue weighted by atomic mass is 9.85. The number of nitrogens with one attached hydrogen (secondary N) is 1. The molecule has 1 fully saturated rings. The maximum atomic E-state index is 11.1. The Hall–Kier alpha value is -1.10. The lowest BCUT2D eigenvalue weighted by molar-refractivity contribution is -0.385. The van der Waals surface area contributed by atoms with Crippen molar-refractivity contribution >= 4 is 27.3 Å². The normalized spacial score (nSPS) is 21.6. The predicted molar refractivity (Wildman–Crippen MR) is 89.8 cm³/mol. The number of anilines is 1. The fourth-order valence-electron chi connectivity index (χ4n) is 2.99. The molecule has 1 aromatic rings. The molecule has 1 N–H and O–H groups in total. The fourth-order valence-corrected chi connectivity index (χ4v) is 3.57. The number of nitro benzene ring substituents is 1. The third kappa shape index (κ3) is 4.19. The summed E-state index contributed by atoms with van der Waals surface area (Å²) < 4.78 is 0.897. The number of benzene rings is 1. The highest BCUT2D eigenvalue weighted by Gasteiger charge is 2.25. The minimum absolute atomic E-state index is 0.176. The number of nitrogens with zero attached hydrogens (tertiary/aromatic N) is 1. The van der Waals surface area contributed by atoms with Gasteiger partial charge in [0.15, 0.2) is 0 Å². The average Bonchev–Trinajstić information content (AvgIpc) is 2.53. The molecule has 1 unspecified atom stereocenters. The van der Waals surface area contributed by atoms with Crippen molar-refractivity contribution in [3.8, 4) is 0 Å². The molecule has 0 amide bonds. The van der Waals surface area contributed by atoms with Gasteiger partial charge in [-0.15, -0.1) is 0 Å². The lowest BCUT2D eigenvalue weighted by Crippen LogP contribution is -2.19. The first-order valence-electron chi connectivity index (χ1n) is 7.49. The maximum absolute atomic E-state index is 11.1. The van der Waals surface area contributed by atoms with Crippen LogP contribution in [0, 0.1) is 22.5 Å². The van der Waals surface area contributed by atoms with E-state index in [9.17, 15) is 10.1 Å². The van der Waals surface area contributed by atoms with Crippen LogP contribution in [0.2, 0.25) is 0 Å². The number of aryl methyl sites for hydroxylation is 1. The third-order valence-corrected chi connectivity index (χ3v) is 5.07. The first-order chi connectivity index (χ1) is 9.78. The molecule has 5 heteroatoms. The molecule has 0 radical (unpaired) electrons. The zero-order valence-corrected chi connectivity index (χ0v) is 14.5. The Bertz CT molecular complexity index is 543. The van der Waals surface area contributed by atoms with Crippen LogP contribution < -0.4 is 5.32 Å². The van der Waals surface area contributed by atoms with Gasteiger partial charge in [-0.1, -0.05) is 20.3 Å². The summed E-state index contributed by atoms with van der Waals surface area (Å²) in [5.41, 5.74) is 2.10. The highest BCUT2D eigenvalue weighted by Crippen LogP contribution is 2.36. The summed E-state index contributed by atoms with van der Waals surface area (Å²) in [6.45, 7) is 6.41. The highest BCUT2D eigenvalue weighted by molar-refractivity contribution is 9.10. The molecule has 1 aliphatic rings. The van der Waals surface area contributed by atoms with Crippen LogP contribution in [0.15, 0.2) is 16.6 Å². The van der Waals surface area contributed by atoms with Crippen molar-refractivity contribution in [3.63, 3.8) is 0 Å². The van der Waals surface area contributed by atoms with Crippen molar-refractivity contribution < 1.29 is 4.92 Å². The Morgan fingerprint density at radius 3 is 2.71 bits per heavy atom. The van der Waals surface area contributed by atoms with Crippen molar-refractivity contribution in [1.82, 2.24) is 0 Å². The first kappa shape index (κ1) is 16.3. The van der Waals surface area contributed by atoms with E-state index < -0.39 is 0 Å². The molecule has 1 saturated carbocycles. The first-order valence-corrected chi connectivity index (χ1v) is 8.29. The van der Waals surface area contributed by atoms with Gasteiger partial charge >= 0.3 is 0 Å². The zero-order valence-electron chi connectivity index (χ0n) is 12.9. The van der Waals surface area contributed by atoms with Gasteiger partial charge in [-0.05, 0) is 60.0 Å². The third-order valence-electron chi connectivity index (χ3n) is 4.42. The second-order valence-electron chi connectivity index (χ2n) is 6.81. The van der Waals surface area contributed by atoms with Crippen LogP contribution in [0.3, 0.4) is 0 Å². The highest BCUT2D eigenvalue weighted by atomic mass is 79.9. The summed E-state index contributed by atoms with van der Waals surface area (Å²) in [5, 5.41) is 14.6. The summed E-state index contributed by atoms with van der Waals surface area (Å²) in [5.74, 6) is 0. The Morgan fingerprint density at radius 1 is 1.33 bits per heavy atom. The second kappa shape index (κ2) is 6.34. The number of hydrogen-bond acceptors (Lipinski definition) is 3. The maximum Gasteiger partial charge on any atom is 0.274 e. The number of hydrogen-bond donors (Lipinski definition) is 1. The SMILES string of the molecule is Cc1cc(Br)c(NC2CCCC(C)(C)CC2)cc1[N+](=O)[O-]. The molecular weight excluding hydrogens is 332 g/mol. The molecule has 21 heavy (non-hydrogen) atoms. The monoisotopic (exact) mass is 354 g/mol. The smallest absolute Gasteiger partial charge is 0.274 e. The van der Waals surface area contributed by atoms with Gasteiger partial charge in [-0.2, -0.15) is 0 Å². The summed E-state index contributed by atoms with van der Waals surface area (Å²) in [6, 6.07) is 3.86. The van der Waals surface area contributed by atoms with E-state index in [1.165, 1.54) is 19.3 Å². The van der Waals surface area contributed by atoms with E-state index in [2.05, 4.69) is 35.1 Å². The van der Waals surface area contributed by atoms with E-state index in [0.717, 1.165) is 23.0 Å². The van der Waals surface area contributed by atoms with Gasteiger partial charge in [0.2, 0.25) is 0 Å². The van der Waals surface area contributed by atoms with Crippen LogP contribution in [0.4, 0.5) is 11.4 Å². The summed E-state index contributed by atoms with van der Waals surface area (Å²) in [7, 11) is 0. The standard InChI is InChI=1S/C16H23BrN2O2/c1-11-9-13(17)14(10-15(11)19(20)21)18-12-5-4-7-16(2,3)8-6-12/h9-10,12,18H,4-8H2,1-3H3. The zero-order chi connectivity index (χ0) is 15.6. The summed E-state index contributed by atoms with van der Waals surface area (Å²) in [6.07, 6.45) is 5.88. The number of rotatable bonds is 3. The minimum Gasteiger partial charge on any atom is -0.381 e. The van der Waals surface area contributed by atoms with Crippen molar-refractivity contribution in [2.75, 3.05) is 5.32 Å². The van der Waals surface area contributed by atoms with Crippen LogP contribution in [0.1, 0.15) is 51.5 Å². The van der Waals surface area contributed by atoms with Gasteiger partial charge in [0.05, 0.1) is 10.6 Å². The van der Waals surface area contributed by atoms with Crippen LogP contribution in [-0.4, -0.2) is 11.0 Å². The van der Waals surface area contributed by atoms with Crippen molar-refractivity contribution in [2.24, 2.45) is 5.41 Å². The van der Waals surface area contributed by atoms with E-state index in [-0.39, 0.29) is 10.6 Å². The van der Waals surface area contributed by atoms with Crippen LogP contribution >= 0.6 is 15.9 Å². The molecule has 0 aromatic heterocycles. The average molecular weight is 355 g/mol. The molecule has 1 aromatic carbocycles. The molecule has 0 aliphatic heterocycles. The predicted octanol–water partition coefficient (Wildman–Crippen LogP) is 5.44. The Kier molecular flexibility index (Phi) is 4.91. The van der Waals surface area contributed by atoms with E-state index in [1.807, 2.05) is 6.07 Å². The van der Waals surface area contributed by atoms with Crippen LogP contribution in [-0.2, 0) is 0 Å². The van der Waals surface area contributed by atoms with Crippen molar-refractivity contribution in [1.29, 1.82) is 0 Å². The van der Waals surface area contributed by atoms with Crippen LogP contribution in [0.25, 0.3) is 0 Å². The molecule has 116 valence electrons. The molecule has 1 aliphatic carbocycles. The summed E-state index contributed by atoms with van der Waals surface area (Å²) >= 11 is 3.51. The summed E-state index contributed by atoms with van der Waals surface area (Å²) in [4.78, 5) is 10.8. The molecule has 1 atom stereocenters. The molecule has 4 nitrogen and oxygen atoms in total. The van der Waals surface area contributed by atoms with Gasteiger partial charge in [0.1, 0.15) is 0 Å². The fraction of sp³-hybridized carbons (Fsp3) is 0.625. The quantitative estimate of drug-likeness (QED) is 0.446. The molecule has 0 saturated heterocycles. The minimum atomic E-state index is -0.316. The van der Waals surface area contributed by atoms with Gasteiger partial charge in [0, 0.05) is 22.1 Å². The van der Waals surface area contributed by atoms with E-state index >= 15 is 0 Å². The van der Waals surface area contributed by atoms with Crippen LogP contribution in [0.5, 0.6) is 0 Å². The largest absolute Gasteiger partial charge is 0.381 e. The van der Waals surface area contributed by atoms with E-state index in [4.69, 9.17) is 0 Å². The Morgan fingerprint density at radius 2 is 2.05 bits per heavy atom. The Balaban J connectivity index is 2.16.